The van der Waals surface area contributed by atoms with Crippen LogP contribution in [0.5, 0.6) is 0 Å². The Hall–Kier alpha value is -2.43. The van der Waals surface area contributed by atoms with Gasteiger partial charge in [0, 0.05) is 32.7 Å². The van der Waals surface area contributed by atoms with Crippen LogP contribution in [0.1, 0.15) is 107 Å². The maximum Gasteiger partial charge on any atom is 0.328 e. The van der Waals surface area contributed by atoms with E-state index in [-0.39, 0.29) is 42.0 Å². The third-order valence-electron chi connectivity index (χ3n) is 9.97. The Balaban J connectivity index is 1.77. The van der Waals surface area contributed by atoms with E-state index >= 15 is 0 Å². The third-order valence-corrected chi connectivity index (χ3v) is 9.97. The molecule has 0 aromatic heterocycles. The Kier molecular flexibility index (Phi) is 17.5. The fourth-order valence-corrected chi connectivity index (χ4v) is 7.07. The van der Waals surface area contributed by atoms with Gasteiger partial charge in [-0.1, -0.05) is 45.9 Å². The number of esters is 1. The topological polar surface area (TPSA) is 119 Å². The summed E-state index contributed by atoms with van der Waals surface area (Å²) in [6.07, 6.45) is 12.8. The Morgan fingerprint density at radius 1 is 1.09 bits per heavy atom. The van der Waals surface area contributed by atoms with Crippen molar-refractivity contribution in [3.63, 3.8) is 0 Å². The molecule has 2 aliphatic rings. The maximum atomic E-state index is 12.7. The number of rotatable bonds is 20. The molecule has 2 saturated heterocycles. The molecule has 0 spiro atoms. The lowest BCUT2D eigenvalue weighted by Crippen LogP contribution is -2.48. The molecule has 2 fully saturated rings. The van der Waals surface area contributed by atoms with E-state index in [1.807, 2.05) is 13.8 Å². The molecule has 0 bridgehead atoms. The normalized spacial score (nSPS) is 27.1. The number of amides is 3. The minimum absolute atomic E-state index is 0.0159. The summed E-state index contributed by atoms with van der Waals surface area (Å²) >= 11 is 0. The molecule has 0 radical (unpaired) electrons. The number of epoxide rings is 1. The molecule has 2 N–H and O–H groups in total. The number of hydrogen-bond donors (Lipinski definition) is 2. The Morgan fingerprint density at radius 3 is 2.40 bits per heavy atom. The highest BCUT2D eigenvalue weighted by molar-refractivity contribution is 5.83. The number of nitrogens with zero attached hydrogens (tertiary/aromatic N) is 1. The largest absolute Gasteiger partial charge is 0.467 e. The summed E-state index contributed by atoms with van der Waals surface area (Å²) in [5.41, 5.74) is 1.07. The Morgan fingerprint density at radius 2 is 1.79 bits per heavy atom. The molecule has 0 aromatic rings. The number of carbonyl (C=O) groups is 3. The highest BCUT2D eigenvalue weighted by Crippen LogP contribution is 2.47. The van der Waals surface area contributed by atoms with Crippen molar-refractivity contribution in [1.29, 1.82) is 0 Å². The van der Waals surface area contributed by atoms with Crippen LogP contribution in [0.3, 0.4) is 0 Å². The van der Waals surface area contributed by atoms with E-state index in [0.29, 0.717) is 63.1 Å². The second-order valence-corrected chi connectivity index (χ2v) is 13.9. The minimum Gasteiger partial charge on any atom is -0.467 e. The summed E-state index contributed by atoms with van der Waals surface area (Å²) in [5, 5.41) is 5.77. The summed E-state index contributed by atoms with van der Waals surface area (Å²) in [6, 6.07) is -0.987. The Labute approximate surface area is 284 Å². The van der Waals surface area contributed by atoms with Gasteiger partial charge in [0.05, 0.1) is 43.5 Å². The molecule has 47 heavy (non-hydrogen) atoms. The zero-order valence-corrected chi connectivity index (χ0v) is 30.9. The molecular formula is C37H65N3O7. The highest BCUT2D eigenvalue weighted by atomic mass is 16.6. The molecule has 0 aromatic carbocycles. The van der Waals surface area contributed by atoms with E-state index in [4.69, 9.17) is 18.9 Å². The molecule has 10 nitrogen and oxygen atoms in total. The first kappa shape index (κ1) is 40.7. The van der Waals surface area contributed by atoms with Gasteiger partial charge < -0.3 is 34.5 Å². The summed E-state index contributed by atoms with van der Waals surface area (Å²) in [6.45, 7) is 18.6. The predicted octanol–water partition coefficient (Wildman–Crippen LogP) is 6.19. The summed E-state index contributed by atoms with van der Waals surface area (Å²) in [5.74, 6) is 0.641. The number of carbonyl (C=O) groups excluding carboxylic acids is 3. The van der Waals surface area contributed by atoms with Gasteiger partial charge in [0.1, 0.15) is 6.04 Å². The summed E-state index contributed by atoms with van der Waals surface area (Å²) < 4.78 is 23.1. The molecule has 270 valence electrons. The molecule has 0 saturated carbocycles. The first-order chi connectivity index (χ1) is 22.3. The van der Waals surface area contributed by atoms with Gasteiger partial charge in [0.2, 0.25) is 5.91 Å². The first-order valence-electron chi connectivity index (χ1n) is 17.9. The standard InChI is InChI=1S/C37H65N3O7/c1-11-31(44-9)28(7)34-37(8,47-34)24-25(4)17-16-18-26(5)33-27(6)20-21-29(46-33)23-32(41)38-22-15-14-19-30(35(42)45-10)39-36(43)40(12-2)13-3/h16-18,25,27-31,33-34H,11-15,19-24H2,1-10H3,(H,38,41)(H,39,43)/b17-16+,26-18+/t25-,27+,28-,29-,30-,31+,33-,34-,37-/m1/s1. The van der Waals surface area contributed by atoms with Crippen LogP contribution >= 0.6 is 0 Å². The molecule has 9 atom stereocenters. The number of allylic oxidation sites excluding steroid dienone is 3. The van der Waals surface area contributed by atoms with Crippen LogP contribution in [0.15, 0.2) is 23.8 Å². The average Bonchev–Trinajstić information content (AvgIpc) is 3.71. The van der Waals surface area contributed by atoms with Gasteiger partial charge in [-0.3, -0.25) is 4.79 Å². The number of urea groups is 1. The van der Waals surface area contributed by atoms with Gasteiger partial charge in [-0.05, 0) is 90.0 Å². The fourth-order valence-electron chi connectivity index (χ4n) is 7.07. The van der Waals surface area contributed by atoms with Crippen LogP contribution in [-0.4, -0.2) is 92.7 Å². The van der Waals surface area contributed by atoms with Gasteiger partial charge >= 0.3 is 12.0 Å². The number of nitrogens with one attached hydrogen (secondary N) is 2. The predicted molar refractivity (Wildman–Crippen MR) is 186 cm³/mol. The van der Waals surface area contributed by atoms with Crippen LogP contribution in [0.4, 0.5) is 4.79 Å². The molecule has 2 rings (SSSR count). The average molecular weight is 664 g/mol. The van der Waals surface area contributed by atoms with E-state index in [9.17, 15) is 14.4 Å². The molecule has 10 heteroatoms. The second kappa shape index (κ2) is 20.2. The van der Waals surface area contributed by atoms with Crippen molar-refractivity contribution in [2.45, 2.75) is 143 Å². The van der Waals surface area contributed by atoms with Crippen molar-refractivity contribution in [2.75, 3.05) is 33.9 Å². The highest BCUT2D eigenvalue weighted by Gasteiger charge is 2.56. The molecular weight excluding hydrogens is 598 g/mol. The van der Waals surface area contributed by atoms with Gasteiger partial charge in [-0.2, -0.15) is 0 Å². The zero-order valence-electron chi connectivity index (χ0n) is 30.9. The van der Waals surface area contributed by atoms with E-state index < -0.39 is 12.0 Å². The van der Waals surface area contributed by atoms with Crippen LogP contribution < -0.4 is 10.6 Å². The van der Waals surface area contributed by atoms with Crippen LogP contribution in [0.25, 0.3) is 0 Å². The van der Waals surface area contributed by atoms with Gasteiger partial charge in [-0.25, -0.2) is 9.59 Å². The quantitative estimate of drug-likeness (QED) is 0.0691. The number of unbranched alkanes of at least 4 members (excludes halogenated alkanes) is 1. The van der Waals surface area contributed by atoms with Crippen LogP contribution in [-0.2, 0) is 28.5 Å². The minimum atomic E-state index is -0.709. The lowest BCUT2D eigenvalue weighted by Gasteiger charge is -2.35. The monoisotopic (exact) mass is 663 g/mol. The summed E-state index contributed by atoms with van der Waals surface area (Å²) in [7, 11) is 3.10. The van der Waals surface area contributed by atoms with E-state index in [1.54, 1.807) is 12.0 Å². The van der Waals surface area contributed by atoms with E-state index in [2.05, 4.69) is 70.4 Å². The lowest BCUT2D eigenvalue weighted by atomic mass is 9.86. The molecule has 2 aliphatic heterocycles. The smallest absolute Gasteiger partial charge is 0.328 e. The molecule has 2 heterocycles. The molecule has 3 amide bonds. The van der Waals surface area contributed by atoms with Crippen molar-refractivity contribution in [3.8, 4) is 0 Å². The van der Waals surface area contributed by atoms with Gasteiger partial charge in [0.15, 0.2) is 0 Å². The van der Waals surface area contributed by atoms with Gasteiger partial charge in [0.25, 0.3) is 0 Å². The van der Waals surface area contributed by atoms with Crippen molar-refractivity contribution in [3.05, 3.63) is 23.8 Å². The number of ether oxygens (including phenoxy) is 4. The fraction of sp³-hybridized carbons (Fsp3) is 0.811. The van der Waals surface area contributed by atoms with Crippen LogP contribution in [0, 0.1) is 17.8 Å². The van der Waals surface area contributed by atoms with Crippen molar-refractivity contribution in [2.24, 2.45) is 17.8 Å². The maximum absolute atomic E-state index is 12.7. The first-order valence-corrected chi connectivity index (χ1v) is 17.9. The lowest BCUT2D eigenvalue weighted by molar-refractivity contribution is -0.143. The zero-order chi connectivity index (χ0) is 35.1. The van der Waals surface area contributed by atoms with Crippen LogP contribution in [0.2, 0.25) is 0 Å². The summed E-state index contributed by atoms with van der Waals surface area (Å²) in [4.78, 5) is 39.0. The van der Waals surface area contributed by atoms with Crippen molar-refractivity contribution in [1.82, 2.24) is 15.5 Å². The second-order valence-electron chi connectivity index (χ2n) is 13.9. The third kappa shape index (κ3) is 12.8. The molecule has 0 unspecified atom stereocenters. The van der Waals surface area contributed by atoms with Crippen molar-refractivity contribution >= 4 is 17.9 Å². The van der Waals surface area contributed by atoms with E-state index in [1.165, 1.54) is 12.7 Å². The number of hydrogen-bond acceptors (Lipinski definition) is 7. The Bertz CT molecular complexity index is 1040. The molecule has 0 aliphatic carbocycles. The SMILES string of the molecule is CC[C@H](OC)[C@@H](C)[C@H]1O[C@]1(C)C[C@H](C)/C=C/C=C(\C)[C@H]1O[C@@H](CC(=O)NCCCC[C@@H](NC(=O)N(CC)CC)C(=O)OC)CC[C@@H]1C. The van der Waals surface area contributed by atoms with Gasteiger partial charge in [-0.15, -0.1) is 0 Å². The number of methoxy groups -OCH3 is 2. The van der Waals surface area contributed by atoms with Crippen molar-refractivity contribution < 1.29 is 33.3 Å². The van der Waals surface area contributed by atoms with E-state index in [0.717, 1.165) is 25.7 Å².